The lowest BCUT2D eigenvalue weighted by Crippen LogP contribution is -2.32. The molecule has 0 aliphatic carbocycles. The number of carbonyl (C=O) groups excluding carboxylic acids is 2. The molecule has 1 aliphatic heterocycles. The number of anilines is 1. The Bertz CT molecular complexity index is 1520. The van der Waals surface area contributed by atoms with Gasteiger partial charge in [-0.05, 0) is 54.7 Å². The average molecular weight is 557 g/mol. The zero-order valence-corrected chi connectivity index (χ0v) is 22.8. The quantitative estimate of drug-likeness (QED) is 0.214. The Kier molecular flexibility index (Phi) is 8.07. The van der Waals surface area contributed by atoms with Crippen LogP contribution in [0.25, 0.3) is 11.3 Å². The van der Waals surface area contributed by atoms with Gasteiger partial charge in [0.25, 0.3) is 0 Å². The maximum atomic E-state index is 12.9. The second-order valence-electron chi connectivity index (χ2n) is 9.06. The van der Waals surface area contributed by atoms with E-state index in [1.807, 2.05) is 59.5 Å². The molecule has 2 atom stereocenters. The summed E-state index contributed by atoms with van der Waals surface area (Å²) in [5.74, 6) is 1.08. The van der Waals surface area contributed by atoms with Gasteiger partial charge in [0.15, 0.2) is 5.11 Å². The van der Waals surface area contributed by atoms with E-state index in [-0.39, 0.29) is 24.4 Å². The van der Waals surface area contributed by atoms with Crippen molar-refractivity contribution in [2.24, 2.45) is 0 Å². The summed E-state index contributed by atoms with van der Waals surface area (Å²) < 4.78 is 16.7. The number of methoxy groups -OCH3 is 2. The van der Waals surface area contributed by atoms with Crippen LogP contribution < -0.4 is 15.4 Å². The molecular weight excluding hydrogens is 528 g/mol. The molecule has 10 heteroatoms. The van der Waals surface area contributed by atoms with Gasteiger partial charge < -0.3 is 29.4 Å². The number of ether oxygens (including phenoxy) is 2. The Balaban J connectivity index is 1.43. The third kappa shape index (κ3) is 5.52. The van der Waals surface area contributed by atoms with Crippen molar-refractivity contribution in [3.05, 3.63) is 102 Å². The van der Waals surface area contributed by atoms with Crippen LogP contribution in [-0.2, 0) is 9.53 Å². The van der Waals surface area contributed by atoms with E-state index in [1.54, 1.807) is 37.6 Å². The Morgan fingerprint density at radius 1 is 1.02 bits per heavy atom. The van der Waals surface area contributed by atoms with E-state index in [0.29, 0.717) is 45.7 Å². The molecule has 0 unspecified atom stereocenters. The molecule has 0 spiro atoms. The summed E-state index contributed by atoms with van der Waals surface area (Å²) in [4.78, 5) is 31.8. The lowest BCUT2D eigenvalue weighted by atomic mass is 10.0. The molecule has 1 aliphatic rings. The molecule has 1 saturated heterocycles. The molecule has 2 aromatic heterocycles. The largest absolute Gasteiger partial charge is 0.495 e. The van der Waals surface area contributed by atoms with Gasteiger partial charge in [-0.1, -0.05) is 36.4 Å². The number of carbonyl (C=O) groups is 2. The van der Waals surface area contributed by atoms with Gasteiger partial charge in [-0.2, -0.15) is 0 Å². The Labute approximate surface area is 237 Å². The van der Waals surface area contributed by atoms with Gasteiger partial charge in [-0.3, -0.25) is 9.78 Å². The van der Waals surface area contributed by atoms with Gasteiger partial charge in [-0.15, -0.1) is 0 Å². The van der Waals surface area contributed by atoms with Gasteiger partial charge >= 0.3 is 5.97 Å². The van der Waals surface area contributed by atoms with Gasteiger partial charge in [0.1, 0.15) is 23.3 Å². The predicted molar refractivity (Wildman–Crippen MR) is 154 cm³/mol. The maximum absolute atomic E-state index is 12.9. The van der Waals surface area contributed by atoms with Crippen LogP contribution >= 0.6 is 12.2 Å². The number of esters is 1. The number of nitrogens with zero attached hydrogens (tertiary/aromatic N) is 2. The molecule has 40 heavy (non-hydrogen) atoms. The fourth-order valence-corrected chi connectivity index (χ4v) is 5.11. The number of hydrogen-bond acceptors (Lipinski definition) is 7. The highest BCUT2D eigenvalue weighted by Crippen LogP contribution is 2.41. The highest BCUT2D eigenvalue weighted by atomic mass is 32.1. The van der Waals surface area contributed by atoms with E-state index in [9.17, 15) is 9.59 Å². The lowest BCUT2D eigenvalue weighted by molar-refractivity contribution is -0.116. The number of furan rings is 1. The number of rotatable bonds is 9. The van der Waals surface area contributed by atoms with Crippen molar-refractivity contribution in [3.63, 3.8) is 0 Å². The van der Waals surface area contributed by atoms with E-state index in [0.717, 1.165) is 5.69 Å². The minimum atomic E-state index is -0.452. The van der Waals surface area contributed by atoms with Crippen molar-refractivity contribution in [2.45, 2.75) is 18.5 Å². The van der Waals surface area contributed by atoms with E-state index < -0.39 is 5.97 Å². The minimum Gasteiger partial charge on any atom is -0.495 e. The Hall–Kier alpha value is -4.70. The van der Waals surface area contributed by atoms with Crippen LogP contribution in [0.1, 0.15) is 40.3 Å². The summed E-state index contributed by atoms with van der Waals surface area (Å²) in [5.41, 5.74) is 2.40. The number of aromatic nitrogens is 1. The SMILES string of the molecule is COC(=O)c1ccccc1-c1ccc([C@@H]2[C@H](c3ccccn3)NC(=S)N2CCC(=O)Nc2ccccc2OC)o1. The molecule has 5 rings (SSSR count). The number of nitrogens with one attached hydrogen (secondary N) is 2. The van der Waals surface area contributed by atoms with Crippen LogP contribution in [0, 0.1) is 0 Å². The summed E-state index contributed by atoms with van der Waals surface area (Å²) in [6.07, 6.45) is 1.89. The van der Waals surface area contributed by atoms with Crippen LogP contribution in [0.3, 0.4) is 0 Å². The third-order valence-corrected chi connectivity index (χ3v) is 7.03. The molecule has 4 aromatic rings. The maximum Gasteiger partial charge on any atom is 0.338 e. The standard InChI is InChI=1S/C30H28N4O5S/c1-37-24-13-6-5-11-21(24)32-26(35)16-18-34-28(27(33-30(34)40)22-12-7-8-17-31-22)25-15-14-23(39-25)19-9-3-4-10-20(19)29(36)38-2/h3-15,17,27-28H,16,18H2,1-2H3,(H,32,35)(H,33,40)/t27-,28+/m0/s1. The molecule has 3 heterocycles. The zero-order valence-electron chi connectivity index (χ0n) is 22.0. The first-order valence-electron chi connectivity index (χ1n) is 12.7. The number of para-hydroxylation sites is 2. The van der Waals surface area contributed by atoms with Crippen molar-refractivity contribution < 1.29 is 23.5 Å². The molecule has 2 N–H and O–H groups in total. The minimum absolute atomic E-state index is 0.171. The molecule has 204 valence electrons. The highest BCUT2D eigenvalue weighted by molar-refractivity contribution is 7.80. The van der Waals surface area contributed by atoms with Crippen molar-refractivity contribution in [3.8, 4) is 17.1 Å². The van der Waals surface area contributed by atoms with Crippen molar-refractivity contribution in [1.82, 2.24) is 15.2 Å². The van der Waals surface area contributed by atoms with Crippen LogP contribution in [0.15, 0.2) is 89.5 Å². The van der Waals surface area contributed by atoms with Crippen molar-refractivity contribution in [2.75, 3.05) is 26.1 Å². The molecule has 0 radical (unpaired) electrons. The zero-order chi connectivity index (χ0) is 28.1. The number of hydrogen-bond donors (Lipinski definition) is 2. The normalized spacial score (nSPS) is 16.4. The van der Waals surface area contributed by atoms with E-state index in [4.69, 9.17) is 26.1 Å². The first-order chi connectivity index (χ1) is 19.5. The van der Waals surface area contributed by atoms with Gasteiger partial charge in [-0.25, -0.2) is 4.79 Å². The lowest BCUT2D eigenvalue weighted by Gasteiger charge is -2.26. The Morgan fingerprint density at radius 3 is 2.58 bits per heavy atom. The number of benzene rings is 2. The van der Waals surface area contributed by atoms with Crippen LogP contribution in [-0.4, -0.2) is 47.6 Å². The molecule has 9 nitrogen and oxygen atoms in total. The Morgan fingerprint density at radius 2 is 1.80 bits per heavy atom. The monoisotopic (exact) mass is 556 g/mol. The second kappa shape index (κ2) is 12.0. The number of amides is 1. The van der Waals surface area contributed by atoms with Gasteiger partial charge in [0.05, 0.1) is 37.2 Å². The molecule has 0 saturated carbocycles. The van der Waals surface area contributed by atoms with E-state index in [2.05, 4.69) is 15.6 Å². The summed E-state index contributed by atoms with van der Waals surface area (Å²) in [5, 5.41) is 6.75. The molecule has 0 bridgehead atoms. The van der Waals surface area contributed by atoms with Crippen LogP contribution in [0.5, 0.6) is 5.75 Å². The smallest absolute Gasteiger partial charge is 0.338 e. The average Bonchev–Trinajstić information content (AvgIpc) is 3.60. The summed E-state index contributed by atoms with van der Waals surface area (Å²) in [6, 6.07) is 23.0. The van der Waals surface area contributed by atoms with Crippen molar-refractivity contribution in [1.29, 1.82) is 0 Å². The molecule has 1 amide bonds. The number of thiocarbonyl (C=S) groups is 1. The predicted octanol–water partition coefficient (Wildman–Crippen LogP) is 5.14. The fraction of sp³-hybridized carbons (Fsp3) is 0.200. The first kappa shape index (κ1) is 26.9. The summed E-state index contributed by atoms with van der Waals surface area (Å²) in [7, 11) is 2.90. The number of pyridine rings is 1. The summed E-state index contributed by atoms with van der Waals surface area (Å²) >= 11 is 5.72. The fourth-order valence-electron chi connectivity index (χ4n) is 4.78. The van der Waals surface area contributed by atoms with Gasteiger partial charge in [0.2, 0.25) is 5.91 Å². The third-order valence-electron chi connectivity index (χ3n) is 6.67. The molecule has 1 fully saturated rings. The van der Waals surface area contributed by atoms with E-state index >= 15 is 0 Å². The van der Waals surface area contributed by atoms with E-state index in [1.165, 1.54) is 7.11 Å². The summed E-state index contributed by atoms with van der Waals surface area (Å²) in [6.45, 7) is 0.329. The highest BCUT2D eigenvalue weighted by Gasteiger charge is 2.41. The topological polar surface area (TPSA) is 106 Å². The first-order valence-corrected chi connectivity index (χ1v) is 13.1. The van der Waals surface area contributed by atoms with Crippen LogP contribution in [0.4, 0.5) is 5.69 Å². The molecule has 2 aromatic carbocycles. The van der Waals surface area contributed by atoms with Gasteiger partial charge in [0, 0.05) is 24.7 Å². The van der Waals surface area contributed by atoms with Crippen molar-refractivity contribution >= 4 is 34.9 Å². The molecular formula is C30H28N4O5S. The second-order valence-corrected chi connectivity index (χ2v) is 9.44. The van der Waals surface area contributed by atoms with Crippen LogP contribution in [0.2, 0.25) is 0 Å².